The van der Waals surface area contributed by atoms with Crippen LogP contribution in [0.15, 0.2) is 54.6 Å². The molecule has 0 aliphatic carbocycles. The van der Waals surface area contributed by atoms with Gasteiger partial charge in [-0.1, -0.05) is 61.5 Å². The molecule has 0 saturated heterocycles. The molecule has 0 aromatic heterocycles. The monoisotopic (exact) mass is 243 g/mol. The summed E-state index contributed by atoms with van der Waals surface area (Å²) in [7, 11) is 0. The first kappa shape index (κ1) is 12.8. The number of halogens is 1. The van der Waals surface area contributed by atoms with Gasteiger partial charge in [0.05, 0.1) is 0 Å². The molecule has 0 amide bonds. The summed E-state index contributed by atoms with van der Waals surface area (Å²) in [6.07, 6.45) is 0.892. The van der Waals surface area contributed by atoms with Gasteiger partial charge in [0.25, 0.3) is 0 Å². The predicted molar refractivity (Wildman–Crippen MR) is 73.2 cm³/mol. The van der Waals surface area contributed by atoms with E-state index < -0.39 is 5.67 Å². The second kappa shape index (κ2) is 5.32. The molecule has 0 radical (unpaired) electrons. The van der Waals surface area contributed by atoms with Crippen LogP contribution >= 0.6 is 0 Å². The van der Waals surface area contributed by atoms with E-state index in [2.05, 4.69) is 6.92 Å². The predicted octanol–water partition coefficient (Wildman–Crippen LogP) is 3.42. The van der Waals surface area contributed by atoms with Crippen LogP contribution in [-0.4, -0.2) is 6.54 Å². The lowest BCUT2D eigenvalue weighted by Gasteiger charge is -2.25. The lowest BCUT2D eigenvalue weighted by Crippen LogP contribution is -2.31. The minimum atomic E-state index is -1.60. The molecule has 2 rings (SSSR count). The molecule has 1 unspecified atom stereocenters. The van der Waals surface area contributed by atoms with Crippen molar-refractivity contribution >= 4 is 0 Å². The van der Waals surface area contributed by atoms with E-state index in [4.69, 9.17) is 5.73 Å². The normalized spacial score (nSPS) is 14.2. The Balaban J connectivity index is 2.49. The van der Waals surface area contributed by atoms with E-state index in [-0.39, 0.29) is 6.54 Å². The Morgan fingerprint density at radius 3 is 2.28 bits per heavy atom. The Hall–Kier alpha value is -1.67. The van der Waals surface area contributed by atoms with Crippen molar-refractivity contribution in [3.63, 3.8) is 0 Å². The Labute approximate surface area is 107 Å². The van der Waals surface area contributed by atoms with Crippen molar-refractivity contribution in [2.24, 2.45) is 5.73 Å². The summed E-state index contributed by atoms with van der Waals surface area (Å²) in [5.41, 5.74) is 6.45. The number of rotatable bonds is 4. The summed E-state index contributed by atoms with van der Waals surface area (Å²) >= 11 is 0. The van der Waals surface area contributed by atoms with Crippen LogP contribution < -0.4 is 5.73 Å². The lowest BCUT2D eigenvalue weighted by molar-refractivity contribution is 0.232. The molecular weight excluding hydrogens is 225 g/mol. The summed E-state index contributed by atoms with van der Waals surface area (Å²) in [5, 5.41) is 0. The quantitative estimate of drug-likeness (QED) is 0.874. The fourth-order valence-corrected chi connectivity index (χ4v) is 2.14. The zero-order chi connectivity index (χ0) is 13.0. The molecule has 0 fully saturated rings. The van der Waals surface area contributed by atoms with Gasteiger partial charge >= 0.3 is 0 Å². The molecule has 1 atom stereocenters. The third-order valence-electron chi connectivity index (χ3n) is 3.31. The molecule has 1 nitrogen and oxygen atoms in total. The van der Waals surface area contributed by atoms with Crippen molar-refractivity contribution in [2.75, 3.05) is 6.54 Å². The molecule has 18 heavy (non-hydrogen) atoms. The zero-order valence-electron chi connectivity index (χ0n) is 10.6. The van der Waals surface area contributed by atoms with Gasteiger partial charge in [0.15, 0.2) is 5.67 Å². The maximum Gasteiger partial charge on any atom is 0.173 e. The van der Waals surface area contributed by atoms with Crippen molar-refractivity contribution in [3.05, 3.63) is 71.3 Å². The minimum absolute atomic E-state index is 0.0514. The SMILES string of the molecule is CCc1cccc(C(F)(CN)c2ccccc2)c1. The van der Waals surface area contributed by atoms with Gasteiger partial charge in [-0.25, -0.2) is 4.39 Å². The standard InChI is InChI=1S/C16H18FN/c1-2-13-7-6-10-15(11-13)16(17,12-18)14-8-4-3-5-9-14/h3-11H,2,12,18H2,1H3. The van der Waals surface area contributed by atoms with E-state index in [1.165, 1.54) is 0 Å². The van der Waals surface area contributed by atoms with Gasteiger partial charge in [0.2, 0.25) is 0 Å². The van der Waals surface area contributed by atoms with Crippen LogP contribution in [0.5, 0.6) is 0 Å². The zero-order valence-corrected chi connectivity index (χ0v) is 10.6. The molecule has 0 aliphatic rings. The molecule has 0 bridgehead atoms. The van der Waals surface area contributed by atoms with Crippen molar-refractivity contribution in [3.8, 4) is 0 Å². The van der Waals surface area contributed by atoms with Crippen LogP contribution in [0.4, 0.5) is 4.39 Å². The molecule has 0 saturated carbocycles. The van der Waals surface area contributed by atoms with Crippen molar-refractivity contribution in [1.29, 1.82) is 0 Å². The fraction of sp³-hybridized carbons (Fsp3) is 0.250. The van der Waals surface area contributed by atoms with Crippen molar-refractivity contribution in [1.82, 2.24) is 0 Å². The molecule has 2 heteroatoms. The highest BCUT2D eigenvalue weighted by atomic mass is 19.1. The Morgan fingerprint density at radius 1 is 1.00 bits per heavy atom. The number of benzene rings is 2. The number of alkyl halides is 1. The maximum atomic E-state index is 15.2. The average molecular weight is 243 g/mol. The molecule has 0 spiro atoms. The lowest BCUT2D eigenvalue weighted by atomic mass is 9.87. The van der Waals surface area contributed by atoms with E-state index in [9.17, 15) is 0 Å². The topological polar surface area (TPSA) is 26.0 Å². The second-order valence-electron chi connectivity index (χ2n) is 4.43. The largest absolute Gasteiger partial charge is 0.327 e. The summed E-state index contributed by atoms with van der Waals surface area (Å²) in [6, 6.07) is 16.7. The van der Waals surface area contributed by atoms with E-state index in [1.807, 2.05) is 36.4 Å². The smallest absolute Gasteiger partial charge is 0.173 e. The number of hydrogen-bond acceptors (Lipinski definition) is 1. The van der Waals surface area contributed by atoms with Crippen molar-refractivity contribution in [2.45, 2.75) is 19.0 Å². The maximum absolute atomic E-state index is 15.2. The van der Waals surface area contributed by atoms with Gasteiger partial charge in [-0.05, 0) is 23.1 Å². The Bertz CT molecular complexity index is 510. The second-order valence-corrected chi connectivity index (χ2v) is 4.43. The highest BCUT2D eigenvalue weighted by molar-refractivity contribution is 5.38. The minimum Gasteiger partial charge on any atom is -0.327 e. The molecule has 0 aliphatic heterocycles. The Morgan fingerprint density at radius 2 is 1.67 bits per heavy atom. The average Bonchev–Trinajstić information content (AvgIpc) is 2.47. The van der Waals surface area contributed by atoms with Crippen LogP contribution in [-0.2, 0) is 12.1 Å². The fourth-order valence-electron chi connectivity index (χ4n) is 2.14. The van der Waals surface area contributed by atoms with Gasteiger partial charge in [-0.3, -0.25) is 0 Å². The first-order valence-corrected chi connectivity index (χ1v) is 6.24. The van der Waals surface area contributed by atoms with E-state index in [0.717, 1.165) is 12.0 Å². The van der Waals surface area contributed by atoms with E-state index >= 15 is 4.39 Å². The van der Waals surface area contributed by atoms with Gasteiger partial charge in [0.1, 0.15) is 0 Å². The molecule has 0 heterocycles. The highest BCUT2D eigenvalue weighted by Gasteiger charge is 2.32. The van der Waals surface area contributed by atoms with Crippen LogP contribution in [0.1, 0.15) is 23.6 Å². The number of aryl methyl sites for hydroxylation is 1. The summed E-state index contributed by atoms with van der Waals surface area (Å²) in [5.74, 6) is 0. The van der Waals surface area contributed by atoms with Crippen LogP contribution in [0.3, 0.4) is 0 Å². The summed E-state index contributed by atoms with van der Waals surface area (Å²) < 4.78 is 15.2. The third-order valence-corrected chi connectivity index (χ3v) is 3.31. The summed E-state index contributed by atoms with van der Waals surface area (Å²) in [4.78, 5) is 0. The van der Waals surface area contributed by atoms with Crippen LogP contribution in [0.2, 0.25) is 0 Å². The number of hydrogen-bond donors (Lipinski definition) is 1. The van der Waals surface area contributed by atoms with Gasteiger partial charge in [-0.15, -0.1) is 0 Å². The first-order valence-electron chi connectivity index (χ1n) is 6.24. The molecule has 94 valence electrons. The van der Waals surface area contributed by atoms with Crippen LogP contribution in [0, 0.1) is 0 Å². The highest BCUT2D eigenvalue weighted by Crippen LogP contribution is 2.33. The van der Waals surface area contributed by atoms with Gasteiger partial charge in [0, 0.05) is 6.54 Å². The third kappa shape index (κ3) is 2.29. The molecule has 2 aromatic carbocycles. The van der Waals surface area contributed by atoms with Crippen molar-refractivity contribution < 1.29 is 4.39 Å². The molecular formula is C16H18FN. The van der Waals surface area contributed by atoms with Gasteiger partial charge in [-0.2, -0.15) is 0 Å². The Kier molecular flexibility index (Phi) is 3.78. The molecule has 2 N–H and O–H groups in total. The van der Waals surface area contributed by atoms with Crippen LogP contribution in [0.25, 0.3) is 0 Å². The molecule has 2 aromatic rings. The van der Waals surface area contributed by atoms with Gasteiger partial charge < -0.3 is 5.73 Å². The van der Waals surface area contributed by atoms with E-state index in [1.54, 1.807) is 18.2 Å². The summed E-state index contributed by atoms with van der Waals surface area (Å²) in [6.45, 7) is 2.01. The number of nitrogens with two attached hydrogens (primary N) is 1. The van der Waals surface area contributed by atoms with E-state index in [0.29, 0.717) is 11.1 Å². The first-order chi connectivity index (χ1) is 8.70.